The highest BCUT2D eigenvalue weighted by Crippen LogP contribution is 2.30. The fourth-order valence-corrected chi connectivity index (χ4v) is 4.36. The zero-order valence-electron chi connectivity index (χ0n) is 13.6. The third-order valence-electron chi connectivity index (χ3n) is 4.54. The monoisotopic (exact) mass is 337 g/mol. The van der Waals surface area contributed by atoms with E-state index < -0.39 is 0 Å². The zero-order chi connectivity index (χ0) is 16.5. The maximum absolute atomic E-state index is 12.9. The number of hydrogen-bond donors (Lipinski definition) is 0. The topological polar surface area (TPSA) is 46.1 Å². The highest BCUT2D eigenvalue weighted by atomic mass is 32.1. The third kappa shape index (κ3) is 2.91. The molecule has 0 radical (unpaired) electrons. The van der Waals surface area contributed by atoms with E-state index in [4.69, 9.17) is 0 Å². The van der Waals surface area contributed by atoms with Gasteiger partial charge in [0.25, 0.3) is 5.91 Å². The number of benzene rings is 1. The average Bonchev–Trinajstić information content (AvgIpc) is 3.05. The number of aromatic nitrogens is 2. The summed E-state index contributed by atoms with van der Waals surface area (Å²) in [7, 11) is 0. The molecule has 0 bridgehead atoms. The van der Waals surface area contributed by atoms with Gasteiger partial charge in [0.2, 0.25) is 0 Å². The van der Waals surface area contributed by atoms with Crippen LogP contribution >= 0.6 is 11.3 Å². The number of aryl methyl sites for hydroxylation is 1. The van der Waals surface area contributed by atoms with Crippen molar-refractivity contribution < 1.29 is 4.79 Å². The van der Waals surface area contributed by atoms with Crippen LogP contribution in [-0.4, -0.2) is 33.9 Å². The SMILES string of the molecule is Cc1cncc([C@@H]2CCCN(C(=O)c3cc4ccccc4s3)C2)n1. The Bertz CT molecular complexity index is 856. The summed E-state index contributed by atoms with van der Waals surface area (Å²) in [6.07, 6.45) is 5.68. The summed E-state index contributed by atoms with van der Waals surface area (Å²) in [5, 5.41) is 1.14. The van der Waals surface area contributed by atoms with Gasteiger partial charge in [-0.3, -0.25) is 14.8 Å². The maximum atomic E-state index is 12.9. The molecule has 0 aliphatic carbocycles. The first-order chi connectivity index (χ1) is 11.7. The number of fused-ring (bicyclic) bond motifs is 1. The van der Waals surface area contributed by atoms with Crippen molar-refractivity contribution in [2.24, 2.45) is 0 Å². The first kappa shape index (κ1) is 15.3. The van der Waals surface area contributed by atoms with E-state index in [0.29, 0.717) is 0 Å². The van der Waals surface area contributed by atoms with Crippen LogP contribution in [0.25, 0.3) is 10.1 Å². The minimum atomic E-state index is 0.140. The molecule has 2 aromatic heterocycles. The number of hydrogen-bond acceptors (Lipinski definition) is 4. The number of amides is 1. The lowest BCUT2D eigenvalue weighted by Gasteiger charge is -2.32. The Kier molecular flexibility index (Phi) is 4.02. The molecule has 24 heavy (non-hydrogen) atoms. The third-order valence-corrected chi connectivity index (χ3v) is 5.64. The van der Waals surface area contributed by atoms with E-state index in [-0.39, 0.29) is 11.8 Å². The van der Waals surface area contributed by atoms with Crippen LogP contribution in [0.2, 0.25) is 0 Å². The summed E-state index contributed by atoms with van der Waals surface area (Å²) in [5.74, 6) is 0.422. The van der Waals surface area contributed by atoms with Crippen LogP contribution in [-0.2, 0) is 0 Å². The van der Waals surface area contributed by atoms with E-state index in [0.717, 1.165) is 47.6 Å². The first-order valence-corrected chi connectivity index (χ1v) is 9.09. The van der Waals surface area contributed by atoms with E-state index in [1.807, 2.05) is 36.2 Å². The Hall–Kier alpha value is -2.27. The van der Waals surface area contributed by atoms with Gasteiger partial charge in [-0.2, -0.15) is 0 Å². The molecule has 0 spiro atoms. The van der Waals surface area contributed by atoms with Crippen molar-refractivity contribution in [3.8, 4) is 0 Å². The van der Waals surface area contributed by atoms with Crippen LogP contribution in [0, 0.1) is 6.92 Å². The van der Waals surface area contributed by atoms with Crippen LogP contribution in [0.1, 0.15) is 39.8 Å². The summed E-state index contributed by atoms with van der Waals surface area (Å²) in [4.78, 5) is 24.6. The van der Waals surface area contributed by atoms with E-state index in [1.165, 1.54) is 4.70 Å². The predicted molar refractivity (Wildman–Crippen MR) is 96.5 cm³/mol. The van der Waals surface area contributed by atoms with Crippen molar-refractivity contribution in [3.05, 3.63) is 59.0 Å². The minimum absolute atomic E-state index is 0.140. The molecule has 0 N–H and O–H groups in total. The van der Waals surface area contributed by atoms with Crippen molar-refractivity contribution in [2.45, 2.75) is 25.7 Å². The van der Waals surface area contributed by atoms with Crippen molar-refractivity contribution in [1.82, 2.24) is 14.9 Å². The van der Waals surface area contributed by atoms with Gasteiger partial charge in [0, 0.05) is 36.1 Å². The molecule has 1 amide bonds. The molecule has 3 heterocycles. The number of thiophene rings is 1. The molecule has 0 saturated carbocycles. The molecular formula is C19H19N3OS. The van der Waals surface area contributed by atoms with E-state index in [9.17, 15) is 4.79 Å². The van der Waals surface area contributed by atoms with Gasteiger partial charge in [-0.15, -0.1) is 11.3 Å². The summed E-state index contributed by atoms with van der Waals surface area (Å²) in [6.45, 7) is 3.51. The van der Waals surface area contributed by atoms with Gasteiger partial charge in [-0.05, 0) is 37.3 Å². The van der Waals surface area contributed by atoms with Crippen molar-refractivity contribution in [2.75, 3.05) is 13.1 Å². The molecule has 1 saturated heterocycles. The largest absolute Gasteiger partial charge is 0.337 e. The Morgan fingerprint density at radius 1 is 1.29 bits per heavy atom. The molecule has 5 heteroatoms. The number of carbonyl (C=O) groups is 1. The lowest BCUT2D eigenvalue weighted by atomic mass is 9.95. The molecule has 0 unspecified atom stereocenters. The second-order valence-electron chi connectivity index (χ2n) is 6.32. The predicted octanol–water partition coefficient (Wildman–Crippen LogP) is 4.02. The molecule has 1 fully saturated rings. The number of piperidine rings is 1. The first-order valence-electron chi connectivity index (χ1n) is 8.27. The molecule has 1 aromatic carbocycles. The highest BCUT2D eigenvalue weighted by Gasteiger charge is 2.27. The molecule has 3 aromatic rings. The quantitative estimate of drug-likeness (QED) is 0.709. The Labute approximate surface area is 145 Å². The van der Waals surface area contributed by atoms with Gasteiger partial charge in [-0.25, -0.2) is 0 Å². The van der Waals surface area contributed by atoms with E-state index in [2.05, 4.69) is 22.1 Å². The fraction of sp³-hybridized carbons (Fsp3) is 0.316. The summed E-state index contributed by atoms with van der Waals surface area (Å²) in [6, 6.07) is 10.2. The Morgan fingerprint density at radius 3 is 3.00 bits per heavy atom. The number of rotatable bonds is 2. The second-order valence-corrected chi connectivity index (χ2v) is 7.41. The molecule has 1 aliphatic heterocycles. The molecule has 122 valence electrons. The number of likely N-dealkylation sites (tertiary alicyclic amines) is 1. The second kappa shape index (κ2) is 6.32. The van der Waals surface area contributed by atoms with Crippen LogP contribution in [0.5, 0.6) is 0 Å². The van der Waals surface area contributed by atoms with Gasteiger partial charge in [0.15, 0.2) is 0 Å². The van der Waals surface area contributed by atoms with Crippen LogP contribution in [0.3, 0.4) is 0 Å². The number of nitrogens with zero attached hydrogens (tertiary/aromatic N) is 3. The zero-order valence-corrected chi connectivity index (χ0v) is 14.4. The molecular weight excluding hydrogens is 318 g/mol. The maximum Gasteiger partial charge on any atom is 0.263 e. The van der Waals surface area contributed by atoms with Crippen molar-refractivity contribution >= 4 is 27.3 Å². The van der Waals surface area contributed by atoms with E-state index in [1.54, 1.807) is 17.5 Å². The van der Waals surface area contributed by atoms with Gasteiger partial charge < -0.3 is 4.90 Å². The van der Waals surface area contributed by atoms with Gasteiger partial charge in [0.1, 0.15) is 0 Å². The van der Waals surface area contributed by atoms with E-state index >= 15 is 0 Å². The summed E-state index contributed by atoms with van der Waals surface area (Å²) in [5.41, 5.74) is 1.93. The smallest absolute Gasteiger partial charge is 0.263 e. The molecule has 1 atom stereocenters. The summed E-state index contributed by atoms with van der Waals surface area (Å²) >= 11 is 1.58. The van der Waals surface area contributed by atoms with Crippen molar-refractivity contribution in [3.63, 3.8) is 0 Å². The lowest BCUT2D eigenvalue weighted by Crippen LogP contribution is -2.39. The van der Waals surface area contributed by atoms with Gasteiger partial charge >= 0.3 is 0 Å². The Balaban J connectivity index is 1.56. The van der Waals surface area contributed by atoms with Gasteiger partial charge in [-0.1, -0.05) is 18.2 Å². The summed E-state index contributed by atoms with van der Waals surface area (Å²) < 4.78 is 1.17. The van der Waals surface area contributed by atoms with Crippen molar-refractivity contribution in [1.29, 1.82) is 0 Å². The Morgan fingerprint density at radius 2 is 2.17 bits per heavy atom. The fourth-order valence-electron chi connectivity index (χ4n) is 3.33. The standard InChI is InChI=1S/C19H19N3OS/c1-13-10-20-11-16(21-13)15-6-4-8-22(12-15)19(23)18-9-14-5-2-3-7-17(14)24-18/h2-3,5,7,9-11,15H,4,6,8,12H2,1H3/t15-/m1/s1. The van der Waals surface area contributed by atoms with Crippen LogP contribution in [0.4, 0.5) is 0 Å². The number of carbonyl (C=O) groups excluding carboxylic acids is 1. The highest BCUT2D eigenvalue weighted by molar-refractivity contribution is 7.20. The normalized spacial score (nSPS) is 18.0. The van der Waals surface area contributed by atoms with Gasteiger partial charge in [0.05, 0.1) is 16.3 Å². The van der Waals surface area contributed by atoms with Crippen LogP contribution in [0.15, 0.2) is 42.7 Å². The lowest BCUT2D eigenvalue weighted by molar-refractivity contribution is 0.0711. The molecule has 4 rings (SSSR count). The molecule has 1 aliphatic rings. The van der Waals surface area contributed by atoms with Crippen LogP contribution < -0.4 is 0 Å². The molecule has 4 nitrogen and oxygen atoms in total. The average molecular weight is 337 g/mol. The minimum Gasteiger partial charge on any atom is -0.337 e.